The van der Waals surface area contributed by atoms with Crippen LogP contribution in [0.25, 0.3) is 10.4 Å². The predicted octanol–water partition coefficient (Wildman–Crippen LogP) is 2.61. The summed E-state index contributed by atoms with van der Waals surface area (Å²) < 4.78 is 2.65. The fourth-order valence-corrected chi connectivity index (χ4v) is 1.92. The van der Waals surface area contributed by atoms with Gasteiger partial charge in [-0.3, -0.25) is 4.79 Å². The van der Waals surface area contributed by atoms with Crippen LogP contribution >= 0.6 is 15.9 Å². The lowest BCUT2D eigenvalue weighted by molar-refractivity contribution is 0.0945. The summed E-state index contributed by atoms with van der Waals surface area (Å²) in [5.74, 6) is -0.0954. The number of hydrogen-bond acceptors (Lipinski definition) is 2. The molecule has 1 heterocycles. The van der Waals surface area contributed by atoms with E-state index in [4.69, 9.17) is 5.53 Å². The summed E-state index contributed by atoms with van der Waals surface area (Å²) in [4.78, 5) is 14.4. The summed E-state index contributed by atoms with van der Waals surface area (Å²) in [5, 5.41) is 6.24. The Kier molecular flexibility index (Phi) is 5.59. The summed E-state index contributed by atoms with van der Waals surface area (Å²) >= 11 is 3.31. The molecule has 0 aliphatic heterocycles. The van der Waals surface area contributed by atoms with Gasteiger partial charge in [0, 0.05) is 35.7 Å². The van der Waals surface area contributed by atoms with Crippen molar-refractivity contribution >= 4 is 21.8 Å². The molecular weight excluding hydrogens is 286 g/mol. The van der Waals surface area contributed by atoms with E-state index in [1.165, 1.54) is 0 Å². The number of hydrogen-bond donors (Lipinski definition) is 1. The maximum Gasteiger partial charge on any atom is 0.267 e. The third kappa shape index (κ3) is 4.50. The van der Waals surface area contributed by atoms with Gasteiger partial charge in [-0.05, 0) is 40.4 Å². The molecule has 0 radical (unpaired) electrons. The number of halogens is 1. The van der Waals surface area contributed by atoms with Crippen molar-refractivity contribution in [2.75, 3.05) is 13.1 Å². The average Bonchev–Trinajstić information content (AvgIpc) is 2.62. The number of rotatable bonds is 6. The van der Waals surface area contributed by atoms with Gasteiger partial charge in [0.05, 0.1) is 0 Å². The second-order valence-corrected chi connectivity index (χ2v) is 4.49. The predicted molar refractivity (Wildman–Crippen MR) is 68.7 cm³/mol. The standard InChI is InChI=1S/C10H14BrN5O/c1-16-7-8(11)6-9(16)10(17)13-4-2-3-5-14-15-12/h6-7H,2-5H2,1H3,(H,13,17). The zero-order valence-corrected chi connectivity index (χ0v) is 11.1. The molecule has 0 saturated heterocycles. The van der Waals surface area contributed by atoms with Crippen molar-refractivity contribution in [1.82, 2.24) is 9.88 Å². The molecule has 0 saturated carbocycles. The molecule has 7 heteroatoms. The molecule has 0 atom stereocenters. The minimum absolute atomic E-state index is 0.0954. The van der Waals surface area contributed by atoms with Crippen LogP contribution < -0.4 is 5.32 Å². The van der Waals surface area contributed by atoms with E-state index in [-0.39, 0.29) is 5.91 Å². The van der Waals surface area contributed by atoms with Crippen LogP contribution in [0.1, 0.15) is 23.3 Å². The molecule has 0 fully saturated rings. The van der Waals surface area contributed by atoms with E-state index in [1.807, 2.05) is 13.2 Å². The van der Waals surface area contributed by atoms with Crippen LogP contribution in [0.15, 0.2) is 21.9 Å². The van der Waals surface area contributed by atoms with Crippen LogP contribution in [-0.2, 0) is 7.05 Å². The van der Waals surface area contributed by atoms with Crippen molar-refractivity contribution in [3.8, 4) is 0 Å². The average molecular weight is 300 g/mol. The van der Waals surface area contributed by atoms with Gasteiger partial charge in [0.1, 0.15) is 5.69 Å². The van der Waals surface area contributed by atoms with Crippen molar-refractivity contribution in [2.45, 2.75) is 12.8 Å². The first kappa shape index (κ1) is 13.6. The molecule has 1 aromatic rings. The molecule has 0 unspecified atom stereocenters. The lowest BCUT2D eigenvalue weighted by atomic mass is 10.3. The molecule has 1 rings (SSSR count). The van der Waals surface area contributed by atoms with Crippen LogP contribution in [0.4, 0.5) is 0 Å². The Labute approximate surface area is 108 Å². The van der Waals surface area contributed by atoms with E-state index in [2.05, 4.69) is 31.3 Å². The molecule has 92 valence electrons. The SMILES string of the molecule is Cn1cc(Br)cc1C(=O)NCCCCN=[N+]=[N-]. The molecule has 6 nitrogen and oxygen atoms in total. The van der Waals surface area contributed by atoms with Crippen LogP contribution in [0.5, 0.6) is 0 Å². The minimum Gasteiger partial charge on any atom is -0.351 e. The van der Waals surface area contributed by atoms with E-state index in [0.29, 0.717) is 18.8 Å². The quantitative estimate of drug-likeness (QED) is 0.372. The van der Waals surface area contributed by atoms with Crippen LogP contribution in [-0.4, -0.2) is 23.6 Å². The zero-order valence-electron chi connectivity index (χ0n) is 9.56. The molecule has 0 bridgehead atoms. The van der Waals surface area contributed by atoms with Gasteiger partial charge in [0.15, 0.2) is 0 Å². The number of carbonyl (C=O) groups is 1. The van der Waals surface area contributed by atoms with E-state index >= 15 is 0 Å². The van der Waals surface area contributed by atoms with Gasteiger partial charge < -0.3 is 9.88 Å². The number of azide groups is 1. The van der Waals surface area contributed by atoms with Crippen molar-refractivity contribution in [3.05, 3.63) is 32.9 Å². The lowest BCUT2D eigenvalue weighted by Gasteiger charge is -2.05. The normalized spacial score (nSPS) is 9.76. The first-order chi connectivity index (χ1) is 8.15. The van der Waals surface area contributed by atoms with E-state index in [1.54, 1.807) is 10.6 Å². The molecular formula is C10H14BrN5O. The highest BCUT2D eigenvalue weighted by atomic mass is 79.9. The highest BCUT2D eigenvalue weighted by Crippen LogP contribution is 2.13. The fourth-order valence-electron chi connectivity index (χ4n) is 1.39. The first-order valence-corrected chi connectivity index (χ1v) is 6.05. The van der Waals surface area contributed by atoms with Gasteiger partial charge in [-0.1, -0.05) is 5.11 Å². The molecule has 17 heavy (non-hydrogen) atoms. The maximum absolute atomic E-state index is 11.7. The lowest BCUT2D eigenvalue weighted by Crippen LogP contribution is -2.26. The Bertz CT molecular complexity index is 436. The number of carbonyl (C=O) groups excluding carboxylic acids is 1. The molecule has 0 aliphatic carbocycles. The molecule has 1 N–H and O–H groups in total. The third-order valence-electron chi connectivity index (χ3n) is 2.24. The van der Waals surface area contributed by atoms with Crippen molar-refractivity contribution in [1.29, 1.82) is 0 Å². The van der Waals surface area contributed by atoms with Gasteiger partial charge in [0.2, 0.25) is 0 Å². The highest BCUT2D eigenvalue weighted by molar-refractivity contribution is 9.10. The summed E-state index contributed by atoms with van der Waals surface area (Å²) in [5.41, 5.74) is 8.69. The number of nitrogens with zero attached hydrogens (tertiary/aromatic N) is 4. The van der Waals surface area contributed by atoms with Gasteiger partial charge in [-0.2, -0.15) is 0 Å². The Hall–Kier alpha value is -1.46. The number of nitrogens with one attached hydrogen (secondary N) is 1. The van der Waals surface area contributed by atoms with Crippen molar-refractivity contribution < 1.29 is 4.79 Å². The Morgan fingerprint density at radius 2 is 2.41 bits per heavy atom. The Balaban J connectivity index is 2.30. The largest absolute Gasteiger partial charge is 0.351 e. The van der Waals surface area contributed by atoms with E-state index in [0.717, 1.165) is 17.3 Å². The minimum atomic E-state index is -0.0954. The number of unbranched alkanes of at least 4 members (excludes halogenated alkanes) is 1. The maximum atomic E-state index is 11.7. The second-order valence-electron chi connectivity index (χ2n) is 3.57. The topological polar surface area (TPSA) is 82.8 Å². The molecule has 1 amide bonds. The molecule has 0 spiro atoms. The summed E-state index contributed by atoms with van der Waals surface area (Å²) in [6.07, 6.45) is 3.41. The van der Waals surface area contributed by atoms with Crippen molar-refractivity contribution in [2.24, 2.45) is 12.2 Å². The fraction of sp³-hybridized carbons (Fsp3) is 0.500. The van der Waals surface area contributed by atoms with Gasteiger partial charge in [-0.15, -0.1) is 0 Å². The number of amides is 1. The summed E-state index contributed by atoms with van der Waals surface area (Å²) in [6, 6.07) is 1.77. The molecule has 0 aromatic carbocycles. The van der Waals surface area contributed by atoms with Crippen molar-refractivity contribution in [3.63, 3.8) is 0 Å². The number of aromatic nitrogens is 1. The van der Waals surface area contributed by atoms with E-state index < -0.39 is 0 Å². The second kappa shape index (κ2) is 6.98. The van der Waals surface area contributed by atoms with Gasteiger partial charge >= 0.3 is 0 Å². The Morgan fingerprint density at radius 1 is 1.65 bits per heavy atom. The molecule has 0 aliphatic rings. The first-order valence-electron chi connectivity index (χ1n) is 5.26. The van der Waals surface area contributed by atoms with Crippen LogP contribution in [0.3, 0.4) is 0 Å². The Morgan fingerprint density at radius 3 is 3.00 bits per heavy atom. The summed E-state index contributed by atoms with van der Waals surface area (Å²) in [7, 11) is 1.82. The van der Waals surface area contributed by atoms with Gasteiger partial charge in [-0.25, -0.2) is 0 Å². The van der Waals surface area contributed by atoms with Crippen LogP contribution in [0.2, 0.25) is 0 Å². The highest BCUT2D eigenvalue weighted by Gasteiger charge is 2.09. The third-order valence-corrected chi connectivity index (χ3v) is 2.67. The number of aryl methyl sites for hydroxylation is 1. The van der Waals surface area contributed by atoms with Gasteiger partial charge in [0.25, 0.3) is 5.91 Å². The van der Waals surface area contributed by atoms with Crippen LogP contribution in [0, 0.1) is 0 Å². The zero-order chi connectivity index (χ0) is 12.7. The van der Waals surface area contributed by atoms with E-state index in [9.17, 15) is 4.79 Å². The molecule has 1 aromatic heterocycles. The summed E-state index contributed by atoms with van der Waals surface area (Å²) in [6.45, 7) is 1.06. The monoisotopic (exact) mass is 299 g/mol. The smallest absolute Gasteiger partial charge is 0.267 e.